The van der Waals surface area contributed by atoms with E-state index in [4.69, 9.17) is 30.6 Å². The molecule has 2 aliphatic rings. The fourth-order valence-electron chi connectivity index (χ4n) is 5.47. The van der Waals surface area contributed by atoms with Crippen LogP contribution in [0, 0.1) is 0 Å². The number of rotatable bonds is 10. The molecular weight excluding hydrogens is 560 g/mol. The van der Waals surface area contributed by atoms with Gasteiger partial charge in [0.2, 0.25) is 0 Å². The number of Topliss-reactive ketones (excluding diaryl/α,β-unsaturated/α-hetero) is 1. The number of methoxy groups -OCH3 is 2. The van der Waals surface area contributed by atoms with Crippen molar-refractivity contribution in [3.8, 4) is 16.9 Å². The molecule has 0 spiro atoms. The first-order valence-corrected chi connectivity index (χ1v) is 14.4. The molecule has 1 fully saturated rings. The molecule has 0 amide bonds. The molecule has 0 aliphatic carbocycles. The number of benzene rings is 2. The summed E-state index contributed by atoms with van der Waals surface area (Å²) in [7, 11) is 2.84. The topological polar surface area (TPSA) is 105 Å². The minimum Gasteiger partial charge on any atom is -0.495 e. The lowest BCUT2D eigenvalue weighted by Crippen LogP contribution is -2.34. The van der Waals surface area contributed by atoms with Crippen LogP contribution in [0.1, 0.15) is 59.6 Å². The second-order valence-electron chi connectivity index (χ2n) is 10.4. The van der Waals surface area contributed by atoms with Crippen molar-refractivity contribution < 1.29 is 28.6 Å². The molecule has 0 N–H and O–H groups in total. The van der Waals surface area contributed by atoms with Gasteiger partial charge in [0.15, 0.2) is 5.78 Å². The molecule has 2 aromatic carbocycles. The predicted octanol–water partition coefficient (Wildman–Crippen LogP) is 5.40. The quantitative estimate of drug-likeness (QED) is 0.290. The molecule has 0 radical (unpaired) electrons. The monoisotopic (exact) mass is 592 g/mol. The van der Waals surface area contributed by atoms with Crippen LogP contribution in [-0.2, 0) is 25.5 Å². The fraction of sp³-hybridized carbons (Fsp3) is 0.375. The summed E-state index contributed by atoms with van der Waals surface area (Å²) in [5, 5.41) is 4.66. The molecular formula is C32H33ClN2O7. The van der Waals surface area contributed by atoms with E-state index in [1.54, 1.807) is 42.6 Å². The van der Waals surface area contributed by atoms with E-state index in [0.29, 0.717) is 53.5 Å². The number of pyridine rings is 1. The van der Waals surface area contributed by atoms with Gasteiger partial charge in [0.25, 0.3) is 5.56 Å². The standard InChI is InChI=1S/C32H33ClN2O7/c1-39-30-19-35(31(37)18-26(30)25-16-22(33)10-11-24(25)27-12-14-42-34-27)28(17-23-5-3-4-13-41-23)29(36)15-20-6-8-21(9-7-20)32(38)40-2/h6-11,16,18-19,23,28H,3-5,12-15,17H2,1-2H3/t23-,28?/m1/s1. The molecule has 3 aromatic rings. The van der Waals surface area contributed by atoms with E-state index in [1.807, 2.05) is 6.07 Å². The molecule has 1 unspecified atom stereocenters. The first-order valence-electron chi connectivity index (χ1n) is 14.0. The van der Waals surface area contributed by atoms with Gasteiger partial charge in [0.1, 0.15) is 12.4 Å². The third-order valence-electron chi connectivity index (χ3n) is 7.67. The Hall–Kier alpha value is -3.95. The lowest BCUT2D eigenvalue weighted by molar-refractivity contribution is -0.123. The van der Waals surface area contributed by atoms with E-state index >= 15 is 0 Å². The highest BCUT2D eigenvalue weighted by molar-refractivity contribution is 6.31. The van der Waals surface area contributed by atoms with Crippen molar-refractivity contribution in [3.05, 3.63) is 86.8 Å². The summed E-state index contributed by atoms with van der Waals surface area (Å²) >= 11 is 6.37. The lowest BCUT2D eigenvalue weighted by Gasteiger charge is -2.28. The second kappa shape index (κ2) is 13.4. The summed E-state index contributed by atoms with van der Waals surface area (Å²) < 4.78 is 18.0. The van der Waals surface area contributed by atoms with Crippen molar-refractivity contribution in [2.24, 2.45) is 5.16 Å². The van der Waals surface area contributed by atoms with Crippen molar-refractivity contribution in [2.75, 3.05) is 27.4 Å². The van der Waals surface area contributed by atoms with Crippen molar-refractivity contribution >= 4 is 29.1 Å². The van der Waals surface area contributed by atoms with Crippen molar-refractivity contribution in [3.63, 3.8) is 0 Å². The average molecular weight is 593 g/mol. The Kier molecular flexibility index (Phi) is 9.39. The number of esters is 1. The molecule has 0 saturated carbocycles. The highest BCUT2D eigenvalue weighted by Gasteiger charge is 2.29. The summed E-state index contributed by atoms with van der Waals surface area (Å²) in [6.07, 6.45) is 5.31. The van der Waals surface area contributed by atoms with E-state index in [2.05, 4.69) is 5.16 Å². The fourth-order valence-corrected chi connectivity index (χ4v) is 5.64. The SMILES string of the molecule is COC(=O)c1ccc(CC(=O)C(C[C@H]2CCCCO2)n2cc(OC)c(-c3cc(Cl)ccc3C3=NOCC3)cc2=O)cc1. The maximum Gasteiger partial charge on any atom is 0.337 e. The smallest absolute Gasteiger partial charge is 0.337 e. The number of carbonyl (C=O) groups is 2. The van der Waals surface area contributed by atoms with Gasteiger partial charge in [-0.25, -0.2) is 4.79 Å². The van der Waals surface area contributed by atoms with Crippen LogP contribution in [0.2, 0.25) is 5.02 Å². The number of nitrogens with zero attached hydrogens (tertiary/aromatic N) is 2. The molecule has 220 valence electrons. The van der Waals surface area contributed by atoms with Crippen LogP contribution < -0.4 is 10.3 Å². The van der Waals surface area contributed by atoms with Gasteiger partial charge >= 0.3 is 5.97 Å². The number of halogens is 1. The predicted molar refractivity (Wildman–Crippen MR) is 159 cm³/mol. The number of ether oxygens (including phenoxy) is 3. The van der Waals surface area contributed by atoms with Gasteiger partial charge in [-0.15, -0.1) is 0 Å². The van der Waals surface area contributed by atoms with E-state index < -0.39 is 12.0 Å². The van der Waals surface area contributed by atoms with Crippen LogP contribution in [0.4, 0.5) is 0 Å². The zero-order valence-electron chi connectivity index (χ0n) is 23.6. The van der Waals surface area contributed by atoms with Gasteiger partial charge in [-0.3, -0.25) is 9.59 Å². The van der Waals surface area contributed by atoms with E-state index in [-0.39, 0.29) is 23.9 Å². The molecule has 2 aliphatic heterocycles. The summed E-state index contributed by atoms with van der Waals surface area (Å²) in [5.41, 5.74) is 3.56. The molecule has 0 bridgehead atoms. The number of hydrogen-bond donors (Lipinski definition) is 0. The van der Waals surface area contributed by atoms with Crippen LogP contribution >= 0.6 is 11.6 Å². The molecule has 42 heavy (non-hydrogen) atoms. The van der Waals surface area contributed by atoms with Gasteiger partial charge in [-0.2, -0.15) is 0 Å². The average Bonchev–Trinajstić information content (AvgIpc) is 3.55. The molecule has 1 aromatic heterocycles. The third kappa shape index (κ3) is 6.58. The van der Waals surface area contributed by atoms with Crippen LogP contribution in [0.5, 0.6) is 5.75 Å². The Morgan fingerprint density at radius 1 is 1.05 bits per heavy atom. The highest BCUT2D eigenvalue weighted by atomic mass is 35.5. The van der Waals surface area contributed by atoms with E-state index in [0.717, 1.165) is 36.1 Å². The Balaban J connectivity index is 1.52. The Labute approximate surface area is 249 Å². The molecule has 2 atom stereocenters. The van der Waals surface area contributed by atoms with Crippen molar-refractivity contribution in [1.82, 2.24) is 4.57 Å². The van der Waals surface area contributed by atoms with Crippen LogP contribution in [-0.4, -0.2) is 55.6 Å². The molecule has 5 rings (SSSR count). The highest BCUT2D eigenvalue weighted by Crippen LogP contribution is 2.35. The maximum atomic E-state index is 13.8. The molecule has 9 nitrogen and oxygen atoms in total. The minimum absolute atomic E-state index is 0.0770. The number of hydrogen-bond acceptors (Lipinski definition) is 8. The summed E-state index contributed by atoms with van der Waals surface area (Å²) in [6, 6.07) is 12.8. The zero-order chi connectivity index (χ0) is 29.6. The maximum absolute atomic E-state index is 13.8. The minimum atomic E-state index is -0.782. The number of carbonyl (C=O) groups excluding carboxylic acids is 2. The summed E-state index contributed by atoms with van der Waals surface area (Å²) in [5.74, 6) is -0.176. The normalized spacial score (nSPS) is 17.2. The summed E-state index contributed by atoms with van der Waals surface area (Å²) in [4.78, 5) is 44.7. The number of ketones is 1. The van der Waals surface area contributed by atoms with Crippen molar-refractivity contribution in [1.29, 1.82) is 0 Å². The van der Waals surface area contributed by atoms with Crippen LogP contribution in [0.3, 0.4) is 0 Å². The van der Waals surface area contributed by atoms with Crippen LogP contribution in [0.25, 0.3) is 11.1 Å². The van der Waals surface area contributed by atoms with Crippen LogP contribution in [0.15, 0.2) is 64.7 Å². The van der Waals surface area contributed by atoms with Gasteiger partial charge in [-0.1, -0.05) is 35.0 Å². The first-order chi connectivity index (χ1) is 20.4. The Morgan fingerprint density at radius 3 is 2.52 bits per heavy atom. The zero-order valence-corrected chi connectivity index (χ0v) is 24.4. The number of aromatic nitrogens is 1. The Bertz CT molecular complexity index is 1540. The Morgan fingerprint density at radius 2 is 1.86 bits per heavy atom. The first kappa shape index (κ1) is 29.5. The molecule has 10 heteroatoms. The van der Waals surface area contributed by atoms with Gasteiger partial charge in [-0.05, 0) is 54.7 Å². The second-order valence-corrected chi connectivity index (χ2v) is 10.8. The van der Waals surface area contributed by atoms with E-state index in [1.165, 1.54) is 24.9 Å². The molecule has 3 heterocycles. The molecule has 1 saturated heterocycles. The van der Waals surface area contributed by atoms with E-state index in [9.17, 15) is 14.4 Å². The third-order valence-corrected chi connectivity index (χ3v) is 7.91. The lowest BCUT2D eigenvalue weighted by atomic mass is 9.94. The van der Waals surface area contributed by atoms with Crippen molar-refractivity contribution in [2.45, 2.75) is 50.7 Å². The van der Waals surface area contributed by atoms with Gasteiger partial charge < -0.3 is 23.6 Å². The van der Waals surface area contributed by atoms with Gasteiger partial charge in [0.05, 0.1) is 43.8 Å². The largest absolute Gasteiger partial charge is 0.495 e. The number of oxime groups is 1. The van der Waals surface area contributed by atoms with Gasteiger partial charge in [0, 0.05) is 48.1 Å². The summed E-state index contributed by atoms with van der Waals surface area (Å²) in [6.45, 7) is 1.11.